The monoisotopic (exact) mass is 420 g/mol. The first kappa shape index (κ1) is 21.1. The van der Waals surface area contributed by atoms with Crippen molar-refractivity contribution >= 4 is 0 Å². The maximum Gasteiger partial charge on any atom is 0.0841 e. The summed E-state index contributed by atoms with van der Waals surface area (Å²) in [4.78, 5) is 5.29. The highest BCUT2D eigenvalue weighted by molar-refractivity contribution is 5.23. The summed E-state index contributed by atoms with van der Waals surface area (Å²) in [7, 11) is 2.33. The zero-order valence-corrected chi connectivity index (χ0v) is 18.6. The van der Waals surface area contributed by atoms with Crippen molar-refractivity contribution in [3.8, 4) is 0 Å². The molecule has 2 N–H and O–H groups in total. The van der Waals surface area contributed by atoms with Crippen LogP contribution < -0.4 is 0 Å². The molecular weight excluding hydrogens is 384 g/mol. The number of fused-ring (bicyclic) bond motifs is 1. The summed E-state index contributed by atoms with van der Waals surface area (Å²) in [6.07, 6.45) is 2.78. The average Bonchev–Trinajstić information content (AvgIpc) is 3.12. The number of aliphatic hydroxyl groups is 2. The predicted molar refractivity (Wildman–Crippen MR) is 124 cm³/mol. The molecule has 2 saturated carbocycles. The molecule has 1 saturated heterocycles. The van der Waals surface area contributed by atoms with Gasteiger partial charge in [-0.2, -0.15) is 0 Å². The normalized spacial score (nSPS) is 32.2. The number of benzene rings is 2. The summed E-state index contributed by atoms with van der Waals surface area (Å²) >= 11 is 0. The number of aliphatic hydroxyl groups excluding tert-OH is 2. The van der Waals surface area contributed by atoms with E-state index in [1.54, 1.807) is 0 Å². The fourth-order valence-electron chi connectivity index (χ4n) is 6.69. The largest absolute Gasteiger partial charge is 0.394 e. The lowest BCUT2D eigenvalue weighted by Crippen LogP contribution is -2.38. The summed E-state index contributed by atoms with van der Waals surface area (Å²) in [5.41, 5.74) is 2.58. The molecule has 1 aliphatic heterocycles. The highest BCUT2D eigenvalue weighted by Gasteiger charge is 2.58. The second-order valence-electron chi connectivity index (χ2n) is 10.1. The van der Waals surface area contributed by atoms with Gasteiger partial charge in [0.05, 0.1) is 12.7 Å². The molecule has 31 heavy (non-hydrogen) atoms. The molecule has 6 atom stereocenters. The highest BCUT2D eigenvalue weighted by Crippen LogP contribution is 2.51. The molecule has 4 nitrogen and oxygen atoms in total. The first-order chi connectivity index (χ1) is 15.2. The van der Waals surface area contributed by atoms with Crippen LogP contribution in [0.1, 0.15) is 36.3 Å². The molecular formula is C27H36N2O2. The molecule has 0 aromatic heterocycles. The molecule has 2 aliphatic carbocycles. The number of hydrogen-bond acceptors (Lipinski definition) is 4. The molecule has 166 valence electrons. The van der Waals surface area contributed by atoms with Crippen LogP contribution in [0.5, 0.6) is 0 Å². The Bertz CT molecular complexity index is 833. The second kappa shape index (κ2) is 9.03. The van der Waals surface area contributed by atoms with E-state index < -0.39 is 6.10 Å². The van der Waals surface area contributed by atoms with Gasteiger partial charge in [-0.05, 0) is 55.2 Å². The minimum Gasteiger partial charge on any atom is -0.394 e. The number of hydrogen-bond donors (Lipinski definition) is 2. The van der Waals surface area contributed by atoms with Crippen molar-refractivity contribution in [3.05, 3.63) is 71.8 Å². The third-order valence-corrected chi connectivity index (χ3v) is 8.26. The lowest BCUT2D eigenvalue weighted by atomic mass is 9.81. The van der Waals surface area contributed by atoms with Crippen LogP contribution in [-0.2, 0) is 6.54 Å². The predicted octanol–water partition coefficient (Wildman–Crippen LogP) is 3.35. The summed E-state index contributed by atoms with van der Waals surface area (Å²) in [5, 5.41) is 20.3. The molecule has 2 aromatic carbocycles. The minimum atomic E-state index is -0.677. The van der Waals surface area contributed by atoms with Gasteiger partial charge >= 0.3 is 0 Å². The minimum absolute atomic E-state index is 0.0321. The van der Waals surface area contributed by atoms with E-state index in [9.17, 15) is 10.2 Å². The van der Waals surface area contributed by atoms with Crippen molar-refractivity contribution in [2.24, 2.45) is 17.8 Å². The fraction of sp³-hybridized carbons (Fsp3) is 0.556. The van der Waals surface area contributed by atoms with E-state index in [-0.39, 0.29) is 12.5 Å². The van der Waals surface area contributed by atoms with Gasteiger partial charge in [0, 0.05) is 37.6 Å². The maximum atomic E-state index is 10.6. The Morgan fingerprint density at radius 1 is 0.968 bits per heavy atom. The Hall–Kier alpha value is -1.72. The fourth-order valence-corrected chi connectivity index (χ4v) is 6.69. The molecule has 0 amide bonds. The average molecular weight is 421 g/mol. The van der Waals surface area contributed by atoms with E-state index in [0.717, 1.165) is 42.8 Å². The smallest absolute Gasteiger partial charge is 0.0841 e. The van der Waals surface area contributed by atoms with E-state index in [1.165, 1.54) is 25.1 Å². The standard InChI is InChI=1S/C27H36N2O2/c1-28(27-23-16-29(17-24(23)27)15-19-8-4-2-5-9-19)22-13-12-21(14-22)26(25(31)18-30)20-10-6-3-7-11-20/h2-11,21-27,30-31H,12-18H2,1H3. The van der Waals surface area contributed by atoms with E-state index >= 15 is 0 Å². The van der Waals surface area contributed by atoms with Crippen LogP contribution in [-0.4, -0.2) is 64.9 Å². The first-order valence-electron chi connectivity index (χ1n) is 12.0. The van der Waals surface area contributed by atoms with Gasteiger partial charge in [0.2, 0.25) is 0 Å². The number of rotatable bonds is 8. The molecule has 0 spiro atoms. The van der Waals surface area contributed by atoms with Crippen LogP contribution in [0, 0.1) is 17.8 Å². The zero-order valence-electron chi connectivity index (χ0n) is 18.6. The molecule has 0 radical (unpaired) electrons. The van der Waals surface area contributed by atoms with Gasteiger partial charge in [0.15, 0.2) is 0 Å². The number of likely N-dealkylation sites (tertiary alicyclic amines) is 1. The van der Waals surface area contributed by atoms with Crippen LogP contribution in [0.25, 0.3) is 0 Å². The molecule has 3 fully saturated rings. The van der Waals surface area contributed by atoms with Crippen LogP contribution in [0.3, 0.4) is 0 Å². The van der Waals surface area contributed by atoms with E-state index in [4.69, 9.17) is 0 Å². The lowest BCUT2D eigenvalue weighted by Gasteiger charge is -2.31. The van der Waals surface area contributed by atoms with Crippen molar-refractivity contribution in [3.63, 3.8) is 0 Å². The van der Waals surface area contributed by atoms with Crippen molar-refractivity contribution in [1.29, 1.82) is 0 Å². The Morgan fingerprint density at radius 3 is 2.26 bits per heavy atom. The summed E-state index contributed by atoms with van der Waals surface area (Å²) < 4.78 is 0. The maximum absolute atomic E-state index is 10.6. The molecule has 4 heteroatoms. The molecule has 3 aliphatic rings. The Kier molecular flexibility index (Phi) is 6.16. The molecule has 0 bridgehead atoms. The number of nitrogens with zero attached hydrogens (tertiary/aromatic N) is 2. The van der Waals surface area contributed by atoms with Crippen molar-refractivity contribution < 1.29 is 10.2 Å². The molecule has 2 aromatic rings. The van der Waals surface area contributed by atoms with Crippen molar-refractivity contribution in [2.75, 3.05) is 26.7 Å². The van der Waals surface area contributed by atoms with Gasteiger partial charge in [-0.25, -0.2) is 0 Å². The Morgan fingerprint density at radius 2 is 1.61 bits per heavy atom. The highest BCUT2D eigenvalue weighted by atomic mass is 16.3. The Balaban J connectivity index is 1.17. The zero-order chi connectivity index (χ0) is 21.4. The van der Waals surface area contributed by atoms with Gasteiger partial charge < -0.3 is 10.2 Å². The third kappa shape index (κ3) is 4.31. The van der Waals surface area contributed by atoms with E-state index in [2.05, 4.69) is 59.3 Å². The first-order valence-corrected chi connectivity index (χ1v) is 12.0. The van der Waals surface area contributed by atoms with Crippen molar-refractivity contribution in [1.82, 2.24) is 9.80 Å². The lowest BCUT2D eigenvalue weighted by molar-refractivity contribution is 0.0532. The van der Waals surface area contributed by atoms with Gasteiger partial charge in [0.1, 0.15) is 0 Å². The van der Waals surface area contributed by atoms with Gasteiger partial charge in [-0.15, -0.1) is 0 Å². The summed E-state index contributed by atoms with van der Waals surface area (Å²) in [6.45, 7) is 3.36. The Labute approximate surface area is 186 Å². The second-order valence-corrected chi connectivity index (χ2v) is 10.1. The van der Waals surface area contributed by atoms with E-state index in [0.29, 0.717) is 12.0 Å². The van der Waals surface area contributed by atoms with Crippen LogP contribution in [0.15, 0.2) is 60.7 Å². The third-order valence-electron chi connectivity index (χ3n) is 8.26. The van der Waals surface area contributed by atoms with Gasteiger partial charge in [-0.3, -0.25) is 9.80 Å². The summed E-state index contributed by atoms with van der Waals surface area (Å²) in [6, 6.07) is 22.5. The quantitative estimate of drug-likeness (QED) is 0.688. The summed E-state index contributed by atoms with van der Waals surface area (Å²) in [5.74, 6) is 2.11. The molecule has 1 heterocycles. The number of piperidine rings is 1. The molecule has 5 rings (SSSR count). The van der Waals surface area contributed by atoms with Gasteiger partial charge in [0.25, 0.3) is 0 Å². The molecule has 6 unspecified atom stereocenters. The van der Waals surface area contributed by atoms with Crippen LogP contribution in [0.4, 0.5) is 0 Å². The van der Waals surface area contributed by atoms with Crippen LogP contribution in [0.2, 0.25) is 0 Å². The van der Waals surface area contributed by atoms with Crippen molar-refractivity contribution in [2.45, 2.75) is 49.9 Å². The topological polar surface area (TPSA) is 46.9 Å². The van der Waals surface area contributed by atoms with Gasteiger partial charge in [-0.1, -0.05) is 60.7 Å². The van der Waals surface area contributed by atoms with E-state index in [1.807, 2.05) is 18.2 Å². The van der Waals surface area contributed by atoms with Crippen LogP contribution >= 0.6 is 0 Å². The SMILES string of the molecule is CN(C1CCC(C(c2ccccc2)C(O)CO)C1)C1C2CN(Cc3ccccc3)CC21.